The summed E-state index contributed by atoms with van der Waals surface area (Å²) in [5.41, 5.74) is -0.327. The topological polar surface area (TPSA) is 62.5 Å². The van der Waals surface area contributed by atoms with Crippen molar-refractivity contribution < 1.29 is 10.0 Å². The van der Waals surface area contributed by atoms with Gasteiger partial charge in [0.25, 0.3) is 5.56 Å². The van der Waals surface area contributed by atoms with Gasteiger partial charge in [0, 0.05) is 7.05 Å². The highest BCUT2D eigenvalue weighted by Gasteiger charge is 2.15. The summed E-state index contributed by atoms with van der Waals surface area (Å²) in [6.45, 7) is 0. The third-order valence-corrected chi connectivity index (χ3v) is 1.85. The van der Waals surface area contributed by atoms with Gasteiger partial charge in [0.15, 0.2) is 0 Å². The molecule has 0 saturated carbocycles. The average molecular weight is 187 g/mol. The molecule has 0 saturated heterocycles. The van der Waals surface area contributed by atoms with Gasteiger partial charge in [0.2, 0.25) is 0 Å². The van der Waals surface area contributed by atoms with E-state index in [1.165, 1.54) is 19.2 Å². The molecule has 1 rings (SSSR count). The van der Waals surface area contributed by atoms with E-state index < -0.39 is 12.7 Å². The van der Waals surface area contributed by atoms with Crippen molar-refractivity contribution in [2.75, 3.05) is 0 Å². The molecular formula is C6H7BClNO3. The second-order valence-corrected chi connectivity index (χ2v) is 2.75. The molecule has 12 heavy (non-hydrogen) atoms. The third kappa shape index (κ3) is 1.53. The van der Waals surface area contributed by atoms with Crippen LogP contribution in [0.3, 0.4) is 0 Å². The van der Waals surface area contributed by atoms with Crippen molar-refractivity contribution in [3.05, 3.63) is 27.5 Å². The summed E-state index contributed by atoms with van der Waals surface area (Å²) >= 11 is 5.49. The molecule has 0 fully saturated rings. The quantitative estimate of drug-likeness (QED) is 0.538. The zero-order chi connectivity index (χ0) is 9.30. The highest BCUT2D eigenvalue weighted by molar-refractivity contribution is 6.57. The van der Waals surface area contributed by atoms with Crippen molar-refractivity contribution >= 4 is 24.3 Å². The molecule has 0 aliphatic carbocycles. The second kappa shape index (κ2) is 3.31. The van der Waals surface area contributed by atoms with E-state index in [-0.39, 0.29) is 10.6 Å². The van der Waals surface area contributed by atoms with Crippen LogP contribution in [0.4, 0.5) is 0 Å². The molecule has 0 spiro atoms. The Balaban J connectivity index is 3.37. The Morgan fingerprint density at radius 1 is 1.50 bits per heavy atom. The van der Waals surface area contributed by atoms with E-state index in [1.54, 1.807) is 0 Å². The first-order valence-corrected chi connectivity index (χ1v) is 3.63. The van der Waals surface area contributed by atoms with Gasteiger partial charge in [-0.3, -0.25) is 4.79 Å². The number of nitrogens with zero attached hydrogens (tertiary/aromatic N) is 1. The molecule has 0 unspecified atom stereocenters. The minimum absolute atomic E-state index is 0.0573. The normalized spacial score (nSPS) is 10.0. The molecule has 0 atom stereocenters. The smallest absolute Gasteiger partial charge is 0.422 e. The summed E-state index contributed by atoms with van der Waals surface area (Å²) in [5, 5.41) is 17.6. The lowest BCUT2D eigenvalue weighted by Crippen LogP contribution is -2.42. The molecule has 0 amide bonds. The lowest BCUT2D eigenvalue weighted by Gasteiger charge is -2.05. The maximum atomic E-state index is 11.1. The summed E-state index contributed by atoms with van der Waals surface area (Å²) in [7, 11) is -0.233. The van der Waals surface area contributed by atoms with Crippen LogP contribution in [0.15, 0.2) is 16.9 Å². The van der Waals surface area contributed by atoms with Crippen LogP contribution in [-0.4, -0.2) is 21.7 Å². The molecule has 0 aromatic carbocycles. The zero-order valence-electron chi connectivity index (χ0n) is 6.36. The van der Waals surface area contributed by atoms with Crippen LogP contribution in [0.2, 0.25) is 5.02 Å². The predicted octanol–water partition coefficient (Wildman–Crippen LogP) is -1.28. The van der Waals surface area contributed by atoms with Gasteiger partial charge in [-0.2, -0.15) is 0 Å². The summed E-state index contributed by atoms with van der Waals surface area (Å²) in [6, 6.07) is 2.72. The molecule has 6 heteroatoms. The monoisotopic (exact) mass is 187 g/mol. The fraction of sp³-hybridized carbons (Fsp3) is 0.167. The minimum Gasteiger partial charge on any atom is -0.422 e. The first kappa shape index (κ1) is 9.31. The molecule has 1 aromatic heterocycles. The minimum atomic E-state index is -1.65. The first-order valence-electron chi connectivity index (χ1n) is 3.25. The number of halogens is 1. The fourth-order valence-electron chi connectivity index (χ4n) is 0.878. The lowest BCUT2D eigenvalue weighted by molar-refractivity contribution is 0.422. The van der Waals surface area contributed by atoms with Crippen LogP contribution in [0, 0.1) is 0 Å². The Morgan fingerprint density at radius 2 is 2.08 bits per heavy atom. The van der Waals surface area contributed by atoms with Crippen molar-refractivity contribution in [2.24, 2.45) is 7.05 Å². The van der Waals surface area contributed by atoms with Gasteiger partial charge in [0.1, 0.15) is 5.02 Å². The van der Waals surface area contributed by atoms with E-state index in [0.717, 1.165) is 4.57 Å². The van der Waals surface area contributed by atoms with E-state index in [9.17, 15) is 4.79 Å². The summed E-state index contributed by atoms with van der Waals surface area (Å²) in [4.78, 5) is 11.1. The van der Waals surface area contributed by atoms with Crippen LogP contribution in [0.25, 0.3) is 0 Å². The van der Waals surface area contributed by atoms with Crippen molar-refractivity contribution in [3.63, 3.8) is 0 Å². The first-order chi connectivity index (χ1) is 5.54. The third-order valence-electron chi connectivity index (χ3n) is 1.56. The van der Waals surface area contributed by atoms with Gasteiger partial charge in [-0.25, -0.2) is 0 Å². The molecule has 4 nitrogen and oxygen atoms in total. The average Bonchev–Trinajstić information content (AvgIpc) is 2.00. The molecule has 2 N–H and O–H groups in total. The Bertz CT molecular complexity index is 349. The van der Waals surface area contributed by atoms with E-state index in [0.29, 0.717) is 0 Å². The maximum absolute atomic E-state index is 11.1. The molecule has 0 aliphatic rings. The number of hydrogen-bond donors (Lipinski definition) is 2. The fourth-order valence-corrected chi connectivity index (χ4v) is 1.07. The van der Waals surface area contributed by atoms with Crippen molar-refractivity contribution in [1.82, 2.24) is 4.57 Å². The standard InChI is InChI=1S/C6H7BClNO3/c1-9-5(7(11)12)3-2-4(8)6(9)10/h2-3,11-12H,1H3. The highest BCUT2D eigenvalue weighted by atomic mass is 35.5. The Hall–Kier alpha value is -0.775. The SMILES string of the molecule is Cn1c(B(O)O)ccc(Cl)c1=O. The summed E-state index contributed by atoms with van der Waals surface area (Å²) in [6.07, 6.45) is 0. The number of hydrogen-bond acceptors (Lipinski definition) is 3. The Labute approximate surface area is 74.2 Å². The van der Waals surface area contributed by atoms with E-state index >= 15 is 0 Å². The second-order valence-electron chi connectivity index (χ2n) is 2.34. The molecule has 0 aliphatic heterocycles. The van der Waals surface area contributed by atoms with Crippen LogP contribution < -0.4 is 11.2 Å². The molecule has 0 radical (unpaired) electrons. The number of pyridine rings is 1. The van der Waals surface area contributed by atoms with Gasteiger partial charge in [-0.15, -0.1) is 0 Å². The molecular weight excluding hydrogens is 180 g/mol. The highest BCUT2D eigenvalue weighted by Crippen LogP contribution is 1.96. The van der Waals surface area contributed by atoms with Gasteiger partial charge in [-0.1, -0.05) is 11.6 Å². The maximum Gasteiger partial charge on any atom is 0.506 e. The molecule has 0 bridgehead atoms. The lowest BCUT2D eigenvalue weighted by atomic mass is 9.85. The Kier molecular flexibility index (Phi) is 2.57. The predicted molar refractivity (Wildman–Crippen MR) is 46.5 cm³/mol. The molecule has 64 valence electrons. The van der Waals surface area contributed by atoms with Crippen molar-refractivity contribution in [2.45, 2.75) is 0 Å². The van der Waals surface area contributed by atoms with Crippen LogP contribution >= 0.6 is 11.6 Å². The number of rotatable bonds is 1. The zero-order valence-corrected chi connectivity index (χ0v) is 7.12. The van der Waals surface area contributed by atoms with Gasteiger partial charge < -0.3 is 14.6 Å². The van der Waals surface area contributed by atoms with Gasteiger partial charge in [-0.05, 0) is 12.1 Å². The van der Waals surface area contributed by atoms with Crippen LogP contribution in [-0.2, 0) is 7.05 Å². The molecule has 1 heterocycles. The number of aromatic nitrogens is 1. The van der Waals surface area contributed by atoms with E-state index in [1.807, 2.05) is 0 Å². The van der Waals surface area contributed by atoms with Crippen molar-refractivity contribution in [1.29, 1.82) is 0 Å². The largest absolute Gasteiger partial charge is 0.506 e. The summed E-state index contributed by atoms with van der Waals surface area (Å²) in [5.74, 6) is 0. The van der Waals surface area contributed by atoms with Gasteiger partial charge >= 0.3 is 7.12 Å². The van der Waals surface area contributed by atoms with Crippen molar-refractivity contribution in [3.8, 4) is 0 Å². The van der Waals surface area contributed by atoms with E-state index in [4.69, 9.17) is 21.6 Å². The Morgan fingerprint density at radius 3 is 2.58 bits per heavy atom. The van der Waals surface area contributed by atoms with Crippen LogP contribution in [0.5, 0.6) is 0 Å². The van der Waals surface area contributed by atoms with E-state index in [2.05, 4.69) is 0 Å². The van der Waals surface area contributed by atoms with Crippen LogP contribution in [0.1, 0.15) is 0 Å². The van der Waals surface area contributed by atoms with Gasteiger partial charge in [0.05, 0.1) is 5.59 Å². The summed E-state index contributed by atoms with van der Waals surface area (Å²) < 4.78 is 1.09. The molecule has 1 aromatic rings.